The van der Waals surface area contributed by atoms with Gasteiger partial charge >= 0.3 is 0 Å². The van der Waals surface area contributed by atoms with Gasteiger partial charge in [0.2, 0.25) is 21.8 Å². The van der Waals surface area contributed by atoms with E-state index in [1.54, 1.807) is 48.5 Å². The van der Waals surface area contributed by atoms with Gasteiger partial charge in [0, 0.05) is 23.5 Å². The lowest BCUT2D eigenvalue weighted by atomic mass is 10.0. The van der Waals surface area contributed by atoms with Crippen molar-refractivity contribution in [2.75, 3.05) is 17.1 Å². The normalized spacial score (nSPS) is 12.4. The summed E-state index contributed by atoms with van der Waals surface area (Å²) in [7, 11) is -3.80. The van der Waals surface area contributed by atoms with E-state index in [2.05, 4.69) is 5.32 Å². The van der Waals surface area contributed by atoms with E-state index in [1.165, 1.54) is 4.90 Å². The molecule has 7 nitrogen and oxygen atoms in total. The van der Waals surface area contributed by atoms with E-state index in [0.717, 1.165) is 21.7 Å². The van der Waals surface area contributed by atoms with E-state index in [1.807, 2.05) is 57.2 Å². The first-order chi connectivity index (χ1) is 17.8. The number of rotatable bonds is 10. The number of sulfonamides is 1. The Morgan fingerprint density at radius 2 is 1.47 bits per heavy atom. The van der Waals surface area contributed by atoms with Crippen LogP contribution >= 0.6 is 11.6 Å². The molecular weight excluding hydrogens is 522 g/mol. The minimum Gasteiger partial charge on any atom is -0.350 e. The fraction of sp³-hybridized carbons (Fsp3) is 0.310. The van der Waals surface area contributed by atoms with Crippen LogP contribution in [-0.4, -0.2) is 49.5 Å². The van der Waals surface area contributed by atoms with E-state index in [0.29, 0.717) is 10.7 Å². The molecule has 0 aromatic heterocycles. The second-order valence-corrected chi connectivity index (χ2v) is 12.5. The van der Waals surface area contributed by atoms with Gasteiger partial charge in [0.05, 0.1) is 11.9 Å². The summed E-state index contributed by atoms with van der Waals surface area (Å²) in [6.07, 6.45) is 1.31. The van der Waals surface area contributed by atoms with Gasteiger partial charge in [-0.15, -0.1) is 0 Å². The minimum absolute atomic E-state index is 0.0703. The molecule has 9 heteroatoms. The molecule has 0 heterocycles. The van der Waals surface area contributed by atoms with Crippen molar-refractivity contribution in [2.45, 2.75) is 45.3 Å². The van der Waals surface area contributed by atoms with Gasteiger partial charge in [-0.05, 0) is 56.2 Å². The molecule has 0 aliphatic carbocycles. The average Bonchev–Trinajstić information content (AvgIpc) is 2.84. The molecule has 3 aromatic carbocycles. The van der Waals surface area contributed by atoms with E-state index in [4.69, 9.17) is 11.6 Å². The molecule has 0 bridgehead atoms. The van der Waals surface area contributed by atoms with Crippen LogP contribution in [0.2, 0.25) is 5.02 Å². The highest BCUT2D eigenvalue weighted by atomic mass is 35.5. The summed E-state index contributed by atoms with van der Waals surface area (Å²) in [4.78, 5) is 29.1. The zero-order valence-electron chi connectivity index (χ0n) is 22.1. The van der Waals surface area contributed by atoms with Crippen molar-refractivity contribution >= 4 is 39.1 Å². The van der Waals surface area contributed by atoms with Crippen LogP contribution in [0.25, 0.3) is 0 Å². The maximum atomic E-state index is 14.0. The van der Waals surface area contributed by atoms with Crippen LogP contribution in [0.15, 0.2) is 84.9 Å². The van der Waals surface area contributed by atoms with Crippen LogP contribution in [0.4, 0.5) is 5.69 Å². The summed E-state index contributed by atoms with van der Waals surface area (Å²) >= 11 is 6.22. The van der Waals surface area contributed by atoms with Crippen molar-refractivity contribution in [3.63, 3.8) is 0 Å². The molecule has 1 N–H and O–H groups in total. The molecule has 0 radical (unpaired) electrons. The summed E-state index contributed by atoms with van der Waals surface area (Å²) < 4.78 is 26.5. The van der Waals surface area contributed by atoms with Crippen LogP contribution in [0.3, 0.4) is 0 Å². The number of amides is 2. The Balaban J connectivity index is 2.06. The number of halogens is 1. The molecule has 0 aliphatic rings. The summed E-state index contributed by atoms with van der Waals surface area (Å²) in [5.41, 5.74) is 1.41. The lowest BCUT2D eigenvalue weighted by Crippen LogP contribution is -2.56. The third-order valence-electron chi connectivity index (χ3n) is 5.73. The molecule has 0 saturated heterocycles. The molecule has 0 spiro atoms. The average molecular weight is 556 g/mol. The number of nitrogens with zero attached hydrogens (tertiary/aromatic N) is 2. The molecule has 202 valence electrons. The summed E-state index contributed by atoms with van der Waals surface area (Å²) in [6.45, 7) is 5.22. The zero-order chi connectivity index (χ0) is 27.9. The van der Waals surface area contributed by atoms with E-state index < -0.39 is 34.1 Å². The molecular formula is C29H34ClN3O4S. The smallest absolute Gasteiger partial charge is 0.244 e. The molecule has 0 fully saturated rings. The van der Waals surface area contributed by atoms with Crippen molar-refractivity contribution in [2.24, 2.45) is 0 Å². The van der Waals surface area contributed by atoms with Crippen LogP contribution in [0, 0.1) is 0 Å². The predicted octanol–water partition coefficient (Wildman–Crippen LogP) is 4.66. The van der Waals surface area contributed by atoms with Crippen molar-refractivity contribution in [1.82, 2.24) is 10.2 Å². The molecule has 1 atom stereocenters. The van der Waals surface area contributed by atoms with Crippen LogP contribution in [0.1, 0.15) is 31.9 Å². The number of carbonyl (C=O) groups is 2. The largest absolute Gasteiger partial charge is 0.350 e. The summed E-state index contributed by atoms with van der Waals surface area (Å²) in [5.74, 6) is -0.841. The van der Waals surface area contributed by atoms with E-state index in [-0.39, 0.29) is 18.9 Å². The number of hydrogen-bond acceptors (Lipinski definition) is 4. The molecule has 3 rings (SSSR count). The van der Waals surface area contributed by atoms with Crippen LogP contribution < -0.4 is 9.62 Å². The fourth-order valence-corrected chi connectivity index (χ4v) is 5.11. The van der Waals surface area contributed by atoms with Gasteiger partial charge in [-0.1, -0.05) is 72.3 Å². The highest BCUT2D eigenvalue weighted by Gasteiger charge is 2.34. The Labute approximate surface area is 230 Å². The van der Waals surface area contributed by atoms with Crippen molar-refractivity contribution in [3.8, 4) is 0 Å². The number of carbonyl (C=O) groups excluding carboxylic acids is 2. The minimum atomic E-state index is -3.80. The van der Waals surface area contributed by atoms with Crippen LogP contribution in [-0.2, 0) is 32.6 Å². The van der Waals surface area contributed by atoms with Gasteiger partial charge in [-0.3, -0.25) is 13.9 Å². The van der Waals surface area contributed by atoms with Gasteiger partial charge in [0.15, 0.2) is 0 Å². The summed E-state index contributed by atoms with van der Waals surface area (Å²) in [5, 5.41) is 3.49. The number of anilines is 1. The third-order valence-corrected chi connectivity index (χ3v) is 7.11. The maximum absolute atomic E-state index is 14.0. The number of nitrogens with one attached hydrogen (secondary N) is 1. The lowest BCUT2D eigenvalue weighted by molar-refractivity contribution is -0.140. The zero-order valence-corrected chi connectivity index (χ0v) is 23.7. The molecule has 0 unspecified atom stereocenters. The molecule has 38 heavy (non-hydrogen) atoms. The number of hydrogen-bond donors (Lipinski definition) is 1. The highest BCUT2D eigenvalue weighted by Crippen LogP contribution is 2.21. The van der Waals surface area contributed by atoms with E-state index in [9.17, 15) is 18.0 Å². The van der Waals surface area contributed by atoms with Gasteiger partial charge in [-0.2, -0.15) is 0 Å². The topological polar surface area (TPSA) is 86.8 Å². The number of para-hydroxylation sites is 1. The first-order valence-electron chi connectivity index (χ1n) is 12.3. The predicted molar refractivity (Wildman–Crippen MR) is 152 cm³/mol. The molecule has 0 saturated carbocycles. The first kappa shape index (κ1) is 29.2. The van der Waals surface area contributed by atoms with Crippen molar-refractivity contribution < 1.29 is 18.0 Å². The highest BCUT2D eigenvalue weighted by molar-refractivity contribution is 7.92. The third kappa shape index (κ3) is 8.60. The van der Waals surface area contributed by atoms with Crippen molar-refractivity contribution in [3.05, 3.63) is 101 Å². The molecule has 3 aromatic rings. The Kier molecular flexibility index (Phi) is 9.57. The van der Waals surface area contributed by atoms with Gasteiger partial charge in [-0.25, -0.2) is 8.42 Å². The lowest BCUT2D eigenvalue weighted by Gasteiger charge is -2.35. The van der Waals surface area contributed by atoms with Crippen LogP contribution in [0.5, 0.6) is 0 Å². The Morgan fingerprint density at radius 1 is 0.895 bits per heavy atom. The summed E-state index contributed by atoms with van der Waals surface area (Å²) in [6, 6.07) is 24.0. The van der Waals surface area contributed by atoms with Crippen molar-refractivity contribution in [1.29, 1.82) is 0 Å². The quantitative estimate of drug-likeness (QED) is 0.394. The Hall–Kier alpha value is -3.36. The Morgan fingerprint density at radius 3 is 2.03 bits per heavy atom. The fourth-order valence-electron chi connectivity index (χ4n) is 4.05. The first-order valence-corrected chi connectivity index (χ1v) is 14.5. The molecule has 2 amide bonds. The monoisotopic (exact) mass is 555 g/mol. The second kappa shape index (κ2) is 12.5. The number of benzene rings is 3. The maximum Gasteiger partial charge on any atom is 0.244 e. The van der Waals surface area contributed by atoms with Gasteiger partial charge < -0.3 is 10.2 Å². The SMILES string of the molecule is CC(C)(C)NC(=O)[C@@H](Cc1ccccc1)N(Cc1cccc(Cl)c1)C(=O)CN(c1ccccc1)S(C)(=O)=O. The second-order valence-electron chi connectivity index (χ2n) is 10.2. The van der Waals surface area contributed by atoms with Gasteiger partial charge in [0.1, 0.15) is 12.6 Å². The standard InChI is InChI=1S/C29H34ClN3O4S/c1-29(2,3)31-28(35)26(19-22-12-7-5-8-13-22)32(20-23-14-11-15-24(30)18-23)27(34)21-33(38(4,36)37)25-16-9-6-10-17-25/h5-18,26H,19-21H2,1-4H3,(H,31,35)/t26-/m1/s1. The molecule has 0 aliphatic heterocycles. The van der Waals surface area contributed by atoms with Gasteiger partial charge in [0.25, 0.3) is 0 Å². The Bertz CT molecular complexity index is 1340. The van der Waals surface area contributed by atoms with E-state index >= 15 is 0 Å².